The van der Waals surface area contributed by atoms with Gasteiger partial charge in [-0.05, 0) is 19.1 Å². The van der Waals surface area contributed by atoms with Gasteiger partial charge >= 0.3 is 0 Å². The van der Waals surface area contributed by atoms with Crippen LogP contribution in [0, 0.1) is 6.92 Å². The van der Waals surface area contributed by atoms with Gasteiger partial charge in [0.15, 0.2) is 0 Å². The summed E-state index contributed by atoms with van der Waals surface area (Å²) < 4.78 is 5.71. The Bertz CT molecular complexity index is 903. The Morgan fingerprint density at radius 1 is 1.35 bits per heavy atom. The average molecular weight is 368 g/mol. The summed E-state index contributed by atoms with van der Waals surface area (Å²) in [5.74, 6) is 0.928. The lowest BCUT2D eigenvalue weighted by Crippen LogP contribution is -2.37. The molecule has 6 nitrogen and oxygen atoms in total. The second kappa shape index (κ2) is 7.29. The molecule has 1 aromatic carbocycles. The molecule has 26 heavy (non-hydrogen) atoms. The number of carbonyl (C=O) groups is 1. The number of rotatable bonds is 5. The second-order valence-electron chi connectivity index (χ2n) is 6.35. The molecule has 4 rings (SSSR count). The van der Waals surface area contributed by atoms with Gasteiger partial charge in [-0.1, -0.05) is 18.2 Å². The van der Waals surface area contributed by atoms with Crippen molar-refractivity contribution in [3.8, 4) is 5.75 Å². The first-order valence-electron chi connectivity index (χ1n) is 8.60. The van der Waals surface area contributed by atoms with Crippen LogP contribution in [0.2, 0.25) is 0 Å². The number of hydrogen-bond acceptors (Lipinski definition) is 5. The molecule has 0 unspecified atom stereocenters. The normalized spacial score (nSPS) is 13.5. The Balaban J connectivity index is 1.34. The molecule has 3 heterocycles. The van der Waals surface area contributed by atoms with Crippen molar-refractivity contribution in [1.82, 2.24) is 20.1 Å². The van der Waals surface area contributed by atoms with Crippen LogP contribution in [0.3, 0.4) is 0 Å². The molecule has 1 N–H and O–H groups in total. The van der Waals surface area contributed by atoms with E-state index in [1.165, 1.54) is 11.3 Å². The summed E-state index contributed by atoms with van der Waals surface area (Å²) in [6.45, 7) is 3.76. The molecule has 2 aromatic heterocycles. The number of carbonyl (C=O) groups excluding carboxylic acids is 1. The van der Waals surface area contributed by atoms with Crippen LogP contribution in [0.25, 0.3) is 0 Å². The van der Waals surface area contributed by atoms with Crippen LogP contribution in [0.15, 0.2) is 35.7 Å². The van der Waals surface area contributed by atoms with Crippen LogP contribution in [-0.2, 0) is 30.8 Å². The minimum Gasteiger partial charge on any atom is -0.486 e. The lowest BCUT2D eigenvalue weighted by Gasteiger charge is -2.26. The maximum Gasteiger partial charge on any atom is 0.228 e. The zero-order valence-electron chi connectivity index (χ0n) is 14.6. The number of ether oxygens (including phenoxy) is 1. The summed E-state index contributed by atoms with van der Waals surface area (Å²) in [5, 5.41) is 10.1. The molecule has 0 spiro atoms. The van der Waals surface area contributed by atoms with Crippen molar-refractivity contribution in [2.45, 2.75) is 32.9 Å². The van der Waals surface area contributed by atoms with Crippen molar-refractivity contribution < 1.29 is 9.53 Å². The van der Waals surface area contributed by atoms with E-state index in [1.807, 2.05) is 47.5 Å². The monoisotopic (exact) mass is 368 g/mol. The highest BCUT2D eigenvalue weighted by Gasteiger charge is 2.24. The molecule has 134 valence electrons. The largest absolute Gasteiger partial charge is 0.486 e. The zero-order chi connectivity index (χ0) is 17.9. The van der Waals surface area contributed by atoms with Gasteiger partial charge in [-0.2, -0.15) is 5.10 Å². The number of aromatic nitrogens is 3. The lowest BCUT2D eigenvalue weighted by molar-refractivity contribution is -0.131. The van der Waals surface area contributed by atoms with Gasteiger partial charge < -0.3 is 9.64 Å². The highest BCUT2D eigenvalue weighted by atomic mass is 32.1. The third-order valence-electron chi connectivity index (χ3n) is 4.52. The molecule has 0 saturated heterocycles. The first-order valence-corrected chi connectivity index (χ1v) is 9.48. The number of aryl methyl sites for hydroxylation is 1. The number of amides is 1. The predicted octanol–water partition coefficient (Wildman–Crippen LogP) is 2.88. The fraction of sp³-hybridized carbons (Fsp3) is 0.316. The Kier molecular flexibility index (Phi) is 4.71. The minimum absolute atomic E-state index is 0.108. The predicted molar refractivity (Wildman–Crippen MR) is 99.0 cm³/mol. The van der Waals surface area contributed by atoms with E-state index in [0.29, 0.717) is 26.1 Å². The fourth-order valence-corrected chi connectivity index (χ4v) is 3.77. The summed E-state index contributed by atoms with van der Waals surface area (Å²) >= 11 is 1.53. The highest BCUT2D eigenvalue weighted by molar-refractivity contribution is 7.09. The molecule has 0 bridgehead atoms. The van der Waals surface area contributed by atoms with Crippen LogP contribution in [0.5, 0.6) is 5.75 Å². The van der Waals surface area contributed by atoms with Crippen molar-refractivity contribution in [3.05, 3.63) is 63.4 Å². The second-order valence-corrected chi connectivity index (χ2v) is 7.29. The van der Waals surface area contributed by atoms with Gasteiger partial charge in [0.25, 0.3) is 0 Å². The first-order chi connectivity index (χ1) is 12.7. The molecule has 1 aliphatic heterocycles. The molecule has 0 atom stereocenters. The minimum atomic E-state index is 0.108. The Morgan fingerprint density at radius 2 is 2.19 bits per heavy atom. The number of benzene rings is 1. The number of thiazole rings is 1. The molecule has 0 saturated carbocycles. The number of hydrogen-bond donors (Lipinski definition) is 1. The van der Waals surface area contributed by atoms with Crippen molar-refractivity contribution in [2.75, 3.05) is 6.54 Å². The first kappa shape index (κ1) is 16.8. The van der Waals surface area contributed by atoms with Crippen molar-refractivity contribution in [1.29, 1.82) is 0 Å². The number of nitrogens with zero attached hydrogens (tertiary/aromatic N) is 3. The Labute approximate surface area is 155 Å². The van der Waals surface area contributed by atoms with Gasteiger partial charge in [0.1, 0.15) is 17.4 Å². The highest BCUT2D eigenvalue weighted by Crippen LogP contribution is 2.21. The molecule has 1 aliphatic rings. The fourth-order valence-electron chi connectivity index (χ4n) is 3.07. The van der Waals surface area contributed by atoms with E-state index in [2.05, 4.69) is 15.2 Å². The van der Waals surface area contributed by atoms with Gasteiger partial charge in [-0.3, -0.25) is 9.89 Å². The maximum absolute atomic E-state index is 12.6. The van der Waals surface area contributed by atoms with E-state index in [-0.39, 0.29) is 5.91 Å². The van der Waals surface area contributed by atoms with E-state index >= 15 is 0 Å². The van der Waals surface area contributed by atoms with Crippen LogP contribution in [0.1, 0.15) is 27.7 Å². The SMILES string of the molecule is Cc1[nH]nc2c1CN(C(=O)Cc1csc(COc3ccccc3)n1)CC2. The van der Waals surface area contributed by atoms with E-state index in [9.17, 15) is 4.79 Å². The molecule has 3 aromatic rings. The zero-order valence-corrected chi connectivity index (χ0v) is 15.4. The van der Waals surface area contributed by atoms with Gasteiger partial charge in [0, 0.05) is 36.1 Å². The maximum atomic E-state index is 12.6. The summed E-state index contributed by atoms with van der Waals surface area (Å²) in [7, 11) is 0. The van der Waals surface area contributed by atoms with Gasteiger partial charge in [0.2, 0.25) is 5.91 Å². The third kappa shape index (κ3) is 3.62. The van der Waals surface area contributed by atoms with E-state index in [1.54, 1.807) is 0 Å². The van der Waals surface area contributed by atoms with Crippen LogP contribution in [0.4, 0.5) is 0 Å². The molecule has 0 aliphatic carbocycles. The average Bonchev–Trinajstić information content (AvgIpc) is 3.27. The smallest absolute Gasteiger partial charge is 0.228 e. The third-order valence-corrected chi connectivity index (χ3v) is 5.39. The van der Waals surface area contributed by atoms with Crippen molar-refractivity contribution in [2.24, 2.45) is 0 Å². The number of fused-ring (bicyclic) bond motifs is 1. The molecule has 0 fully saturated rings. The molecular weight excluding hydrogens is 348 g/mol. The van der Waals surface area contributed by atoms with Crippen molar-refractivity contribution in [3.63, 3.8) is 0 Å². The van der Waals surface area contributed by atoms with E-state index in [0.717, 1.165) is 39.8 Å². The lowest BCUT2D eigenvalue weighted by atomic mass is 10.1. The quantitative estimate of drug-likeness (QED) is 0.752. The number of aromatic amines is 1. The summed E-state index contributed by atoms with van der Waals surface area (Å²) in [6.07, 6.45) is 1.13. The Hall–Kier alpha value is -2.67. The van der Waals surface area contributed by atoms with Gasteiger partial charge in [-0.25, -0.2) is 4.98 Å². The van der Waals surface area contributed by atoms with Crippen LogP contribution >= 0.6 is 11.3 Å². The van der Waals surface area contributed by atoms with Crippen molar-refractivity contribution >= 4 is 17.2 Å². The number of para-hydroxylation sites is 1. The standard InChI is InChI=1S/C19H20N4O2S/c1-13-16-10-23(8-7-17(16)22-21-13)19(24)9-14-12-26-18(20-14)11-25-15-5-3-2-4-6-15/h2-6,12H,7-11H2,1H3,(H,21,22). The van der Waals surface area contributed by atoms with Gasteiger partial charge in [-0.15, -0.1) is 11.3 Å². The number of H-pyrrole nitrogens is 1. The van der Waals surface area contributed by atoms with Gasteiger partial charge in [0.05, 0.1) is 17.8 Å². The molecule has 1 amide bonds. The summed E-state index contributed by atoms with van der Waals surface area (Å²) in [4.78, 5) is 19.1. The Morgan fingerprint density at radius 3 is 3.04 bits per heavy atom. The summed E-state index contributed by atoms with van der Waals surface area (Å²) in [6, 6.07) is 9.66. The molecular formula is C19H20N4O2S. The van der Waals surface area contributed by atoms with Crippen LogP contribution < -0.4 is 4.74 Å². The number of nitrogens with one attached hydrogen (secondary N) is 1. The molecule has 0 radical (unpaired) electrons. The molecule has 7 heteroatoms. The van der Waals surface area contributed by atoms with Crippen LogP contribution in [-0.4, -0.2) is 32.5 Å². The summed E-state index contributed by atoms with van der Waals surface area (Å²) in [5.41, 5.74) is 4.09. The topological polar surface area (TPSA) is 71.1 Å². The van der Waals surface area contributed by atoms with E-state index in [4.69, 9.17) is 4.74 Å². The van der Waals surface area contributed by atoms with E-state index < -0.39 is 0 Å².